The summed E-state index contributed by atoms with van der Waals surface area (Å²) in [4.78, 5) is 25.2. The third-order valence-corrected chi connectivity index (χ3v) is 5.26. The van der Waals surface area contributed by atoms with Crippen molar-refractivity contribution in [3.05, 3.63) is 22.4 Å². The van der Waals surface area contributed by atoms with E-state index in [9.17, 15) is 14.7 Å². The maximum absolute atomic E-state index is 12.3. The average molecular weight is 297 g/mol. The van der Waals surface area contributed by atoms with Gasteiger partial charge in [-0.1, -0.05) is 0 Å². The second-order valence-electron chi connectivity index (χ2n) is 4.46. The molecule has 3 rings (SSSR count). The number of carboxylic acids is 1. The molecule has 1 aliphatic heterocycles. The van der Waals surface area contributed by atoms with E-state index >= 15 is 0 Å². The Morgan fingerprint density at radius 3 is 2.84 bits per heavy atom. The summed E-state index contributed by atoms with van der Waals surface area (Å²) in [6.07, 6.45) is -0.660. The minimum atomic E-state index is -1.07. The van der Waals surface area contributed by atoms with Gasteiger partial charge in [0.25, 0.3) is 5.91 Å². The first-order chi connectivity index (χ1) is 9.06. The van der Waals surface area contributed by atoms with Crippen LogP contribution in [0.1, 0.15) is 16.1 Å². The summed E-state index contributed by atoms with van der Waals surface area (Å²) < 4.78 is 2.06. The number of carboxylic acid groups (broad SMARTS) is 1. The van der Waals surface area contributed by atoms with Crippen molar-refractivity contribution in [2.45, 2.75) is 18.6 Å². The zero-order valence-electron chi connectivity index (χ0n) is 9.78. The molecule has 1 saturated heterocycles. The zero-order chi connectivity index (χ0) is 13.6. The molecule has 2 aromatic heterocycles. The molecule has 1 unspecified atom stereocenters. The van der Waals surface area contributed by atoms with E-state index in [0.717, 1.165) is 9.40 Å². The van der Waals surface area contributed by atoms with Gasteiger partial charge in [0.1, 0.15) is 6.04 Å². The van der Waals surface area contributed by atoms with Crippen molar-refractivity contribution in [3.8, 4) is 0 Å². The maximum Gasteiger partial charge on any atom is 0.326 e. The third-order valence-electron chi connectivity index (χ3n) is 3.18. The number of fused-ring (bicyclic) bond motifs is 1. The van der Waals surface area contributed by atoms with E-state index in [1.165, 1.54) is 16.2 Å². The molecule has 3 heterocycles. The first kappa shape index (κ1) is 12.6. The van der Waals surface area contributed by atoms with Crippen molar-refractivity contribution >= 4 is 43.9 Å². The van der Waals surface area contributed by atoms with Crippen LogP contribution in [0.5, 0.6) is 0 Å². The van der Waals surface area contributed by atoms with Crippen LogP contribution in [0.15, 0.2) is 17.5 Å². The zero-order valence-corrected chi connectivity index (χ0v) is 11.4. The van der Waals surface area contributed by atoms with E-state index in [2.05, 4.69) is 0 Å². The molecule has 100 valence electrons. The van der Waals surface area contributed by atoms with Crippen molar-refractivity contribution < 1.29 is 19.8 Å². The third kappa shape index (κ3) is 2.13. The van der Waals surface area contributed by atoms with E-state index < -0.39 is 18.1 Å². The molecule has 19 heavy (non-hydrogen) atoms. The predicted molar refractivity (Wildman–Crippen MR) is 72.8 cm³/mol. The number of carbonyl (C=O) groups is 2. The van der Waals surface area contributed by atoms with E-state index in [-0.39, 0.29) is 18.9 Å². The monoisotopic (exact) mass is 297 g/mol. The number of likely N-dealkylation sites (tertiary alicyclic amines) is 1. The number of hydrogen-bond acceptors (Lipinski definition) is 5. The van der Waals surface area contributed by atoms with Gasteiger partial charge in [0.15, 0.2) is 0 Å². The summed E-state index contributed by atoms with van der Waals surface area (Å²) >= 11 is 2.91. The van der Waals surface area contributed by atoms with Gasteiger partial charge in [0.05, 0.1) is 11.0 Å². The lowest BCUT2D eigenvalue weighted by molar-refractivity contribution is -0.141. The summed E-state index contributed by atoms with van der Waals surface area (Å²) in [6, 6.07) is 2.80. The lowest BCUT2D eigenvalue weighted by Crippen LogP contribution is -2.40. The van der Waals surface area contributed by atoms with Gasteiger partial charge in [-0.3, -0.25) is 4.79 Å². The number of rotatable bonds is 2. The Labute approximate surface area is 116 Å². The van der Waals surface area contributed by atoms with Crippen LogP contribution in [0.25, 0.3) is 9.40 Å². The minimum absolute atomic E-state index is 0.0847. The molecule has 0 bridgehead atoms. The Balaban J connectivity index is 1.90. The molecule has 1 amide bonds. The Kier molecular flexibility index (Phi) is 3.04. The highest BCUT2D eigenvalue weighted by Crippen LogP contribution is 2.32. The number of carbonyl (C=O) groups excluding carboxylic acids is 1. The van der Waals surface area contributed by atoms with Crippen LogP contribution in [0.3, 0.4) is 0 Å². The summed E-state index contributed by atoms with van der Waals surface area (Å²) in [5.41, 5.74) is 0. The molecule has 2 N–H and O–H groups in total. The largest absolute Gasteiger partial charge is 0.480 e. The summed E-state index contributed by atoms with van der Waals surface area (Å²) in [6.45, 7) is 0.0847. The highest BCUT2D eigenvalue weighted by atomic mass is 32.1. The van der Waals surface area contributed by atoms with Crippen molar-refractivity contribution in [2.24, 2.45) is 0 Å². The molecule has 0 aliphatic carbocycles. The van der Waals surface area contributed by atoms with E-state index in [1.54, 1.807) is 17.4 Å². The van der Waals surface area contributed by atoms with Gasteiger partial charge in [0, 0.05) is 22.4 Å². The van der Waals surface area contributed by atoms with E-state index in [0.29, 0.717) is 4.88 Å². The van der Waals surface area contributed by atoms with Gasteiger partial charge in [0.2, 0.25) is 0 Å². The van der Waals surface area contributed by atoms with Gasteiger partial charge >= 0.3 is 5.97 Å². The highest BCUT2D eigenvalue weighted by Gasteiger charge is 2.39. The SMILES string of the molecule is O=C(O)[C@@H]1CC(O)CN1C(=O)c1cc2sccc2s1. The van der Waals surface area contributed by atoms with Crippen molar-refractivity contribution in [1.82, 2.24) is 4.90 Å². The van der Waals surface area contributed by atoms with Crippen molar-refractivity contribution in [2.75, 3.05) is 6.54 Å². The first-order valence-corrected chi connectivity index (χ1v) is 7.45. The molecule has 2 aromatic rings. The molecule has 1 fully saturated rings. The van der Waals surface area contributed by atoms with Crippen LogP contribution in [0.4, 0.5) is 0 Å². The molecule has 0 spiro atoms. The van der Waals surface area contributed by atoms with Gasteiger partial charge in [-0.25, -0.2) is 4.79 Å². The van der Waals surface area contributed by atoms with Crippen molar-refractivity contribution in [3.63, 3.8) is 0 Å². The number of nitrogens with zero attached hydrogens (tertiary/aromatic N) is 1. The Morgan fingerprint density at radius 2 is 2.16 bits per heavy atom. The number of aliphatic carboxylic acids is 1. The Hall–Kier alpha value is -1.44. The van der Waals surface area contributed by atoms with Crippen LogP contribution < -0.4 is 0 Å². The normalized spacial score (nSPS) is 23.1. The average Bonchev–Trinajstić information content (AvgIpc) is 2.99. The maximum atomic E-state index is 12.3. The number of aliphatic hydroxyl groups excluding tert-OH is 1. The Bertz CT molecular complexity index is 618. The van der Waals surface area contributed by atoms with Gasteiger partial charge < -0.3 is 15.1 Å². The lowest BCUT2D eigenvalue weighted by atomic mass is 10.2. The topological polar surface area (TPSA) is 77.8 Å². The molecule has 2 atom stereocenters. The minimum Gasteiger partial charge on any atom is -0.480 e. The van der Waals surface area contributed by atoms with Crippen LogP contribution in [-0.2, 0) is 4.79 Å². The number of hydrogen-bond donors (Lipinski definition) is 2. The van der Waals surface area contributed by atoms with Gasteiger partial charge in [-0.05, 0) is 17.5 Å². The Morgan fingerprint density at radius 1 is 1.37 bits per heavy atom. The number of β-amino-alcohol motifs (C(OH)–C–C–N with tert-alkyl or cyclic N) is 1. The fraction of sp³-hybridized carbons (Fsp3) is 0.333. The van der Waals surface area contributed by atoms with Gasteiger partial charge in [-0.2, -0.15) is 0 Å². The molecule has 1 aliphatic rings. The molecule has 0 saturated carbocycles. The molecular weight excluding hydrogens is 286 g/mol. The van der Waals surface area contributed by atoms with Crippen molar-refractivity contribution in [1.29, 1.82) is 0 Å². The van der Waals surface area contributed by atoms with Crippen LogP contribution in [0, 0.1) is 0 Å². The predicted octanol–water partition coefficient (Wildman–Crippen LogP) is 1.62. The molecule has 7 heteroatoms. The quantitative estimate of drug-likeness (QED) is 0.883. The van der Waals surface area contributed by atoms with Crippen LogP contribution in [-0.4, -0.2) is 45.7 Å². The number of thiophene rings is 2. The summed E-state index contributed by atoms with van der Waals surface area (Å²) in [5.74, 6) is -1.37. The van der Waals surface area contributed by atoms with Gasteiger partial charge in [-0.15, -0.1) is 22.7 Å². The smallest absolute Gasteiger partial charge is 0.326 e. The summed E-state index contributed by atoms with van der Waals surface area (Å²) in [5, 5.41) is 20.6. The molecule has 5 nitrogen and oxygen atoms in total. The first-order valence-electron chi connectivity index (χ1n) is 5.75. The second kappa shape index (κ2) is 4.59. The molecule has 0 aromatic carbocycles. The molecular formula is C12H11NO4S2. The standard InChI is InChI=1S/C12H11NO4S2/c14-6-3-7(12(16)17)13(5-6)11(15)10-4-9-8(19-10)1-2-18-9/h1-2,4,6-7,14H,3,5H2,(H,16,17)/t6?,7-/m0/s1. The number of amides is 1. The van der Waals surface area contributed by atoms with Crippen LogP contribution in [0.2, 0.25) is 0 Å². The van der Waals surface area contributed by atoms with E-state index in [4.69, 9.17) is 5.11 Å². The summed E-state index contributed by atoms with van der Waals surface area (Å²) in [7, 11) is 0. The highest BCUT2D eigenvalue weighted by molar-refractivity contribution is 7.27. The fourth-order valence-electron chi connectivity index (χ4n) is 2.29. The molecule has 0 radical (unpaired) electrons. The lowest BCUT2D eigenvalue weighted by Gasteiger charge is -2.20. The fourth-order valence-corrected chi connectivity index (χ4v) is 4.35. The second-order valence-corrected chi connectivity index (χ2v) is 6.49. The van der Waals surface area contributed by atoms with E-state index in [1.807, 2.05) is 11.4 Å². The number of aliphatic hydroxyl groups is 1. The van der Waals surface area contributed by atoms with Crippen LogP contribution >= 0.6 is 22.7 Å².